The van der Waals surface area contributed by atoms with Gasteiger partial charge < -0.3 is 0 Å². The lowest BCUT2D eigenvalue weighted by Crippen LogP contribution is -2.34. The molecule has 3 heteroatoms. The second kappa shape index (κ2) is 6.01. The molecule has 2 unspecified atom stereocenters. The van der Waals surface area contributed by atoms with E-state index in [1.165, 1.54) is 6.42 Å². The number of nitrogens with two attached hydrogens (primary N) is 1. The molecule has 0 aliphatic rings. The van der Waals surface area contributed by atoms with E-state index in [1.54, 1.807) is 0 Å². The zero-order chi connectivity index (χ0) is 7.98. The molecule has 2 nitrogen and oxygen atoms in total. The minimum Gasteiger partial charge on any atom is -0.271 e. The zero-order valence-corrected chi connectivity index (χ0v) is 7.87. The lowest BCUT2D eigenvalue weighted by molar-refractivity contribution is 0.624. The third kappa shape index (κ3) is 5.09. The number of hydrogen-bond donors (Lipinski definition) is 2. The van der Waals surface area contributed by atoms with Gasteiger partial charge in [-0.15, -0.1) is 0 Å². The first-order valence-corrected chi connectivity index (χ1v) is 4.83. The van der Waals surface area contributed by atoms with E-state index in [4.69, 9.17) is 5.84 Å². The molecule has 0 heterocycles. The van der Waals surface area contributed by atoms with Crippen molar-refractivity contribution >= 4 is 11.8 Å². The Kier molecular flexibility index (Phi) is 6.17. The molecular weight excluding hydrogens is 144 g/mol. The Hall–Kier alpha value is 0.270. The Bertz CT molecular complexity index is 68.0. The summed E-state index contributed by atoms with van der Waals surface area (Å²) in [5.41, 5.74) is 2.72. The number of thioether (sulfide) groups is 1. The third-order valence-electron chi connectivity index (χ3n) is 1.49. The van der Waals surface area contributed by atoms with Gasteiger partial charge in [-0.25, -0.2) is 0 Å². The van der Waals surface area contributed by atoms with Gasteiger partial charge in [0, 0.05) is 17.0 Å². The predicted molar refractivity (Wildman–Crippen MR) is 49.0 cm³/mol. The van der Waals surface area contributed by atoms with E-state index in [1.807, 2.05) is 11.8 Å². The Labute approximate surface area is 67.9 Å². The molecule has 0 fully saturated rings. The van der Waals surface area contributed by atoms with Crippen LogP contribution in [-0.2, 0) is 0 Å². The van der Waals surface area contributed by atoms with E-state index in [0.717, 1.165) is 11.0 Å². The van der Waals surface area contributed by atoms with E-state index < -0.39 is 0 Å². The molecule has 2 atom stereocenters. The highest BCUT2D eigenvalue weighted by molar-refractivity contribution is 7.99. The van der Waals surface area contributed by atoms with Gasteiger partial charge in [0.1, 0.15) is 0 Å². The first kappa shape index (κ1) is 10.3. The highest BCUT2D eigenvalue weighted by atomic mass is 32.2. The molecule has 10 heavy (non-hydrogen) atoms. The van der Waals surface area contributed by atoms with Crippen LogP contribution in [0.3, 0.4) is 0 Å². The summed E-state index contributed by atoms with van der Waals surface area (Å²) in [7, 11) is 0. The van der Waals surface area contributed by atoms with Crippen LogP contribution in [-0.4, -0.2) is 17.0 Å². The van der Waals surface area contributed by atoms with Gasteiger partial charge in [0.15, 0.2) is 0 Å². The Morgan fingerprint density at radius 3 is 2.50 bits per heavy atom. The van der Waals surface area contributed by atoms with E-state index in [2.05, 4.69) is 26.2 Å². The maximum Gasteiger partial charge on any atom is 0.0272 e. The molecule has 0 aliphatic heterocycles. The van der Waals surface area contributed by atoms with Gasteiger partial charge in [-0.05, 0) is 13.3 Å². The van der Waals surface area contributed by atoms with Gasteiger partial charge in [-0.3, -0.25) is 11.3 Å². The highest BCUT2D eigenvalue weighted by Crippen LogP contribution is 2.13. The SMILES string of the molecule is CCC(C)SCC(C)NN. The summed E-state index contributed by atoms with van der Waals surface area (Å²) < 4.78 is 0. The summed E-state index contributed by atoms with van der Waals surface area (Å²) in [5, 5.41) is 0.760. The molecular formula is C7H18N2S. The molecule has 0 aromatic carbocycles. The molecule has 0 spiro atoms. The fraction of sp³-hybridized carbons (Fsp3) is 1.00. The molecule has 0 aromatic rings. The summed E-state index contributed by atoms with van der Waals surface area (Å²) >= 11 is 1.97. The summed E-state index contributed by atoms with van der Waals surface area (Å²) in [6.45, 7) is 6.54. The largest absolute Gasteiger partial charge is 0.271 e. The van der Waals surface area contributed by atoms with Gasteiger partial charge in [0.25, 0.3) is 0 Å². The Morgan fingerprint density at radius 2 is 2.10 bits per heavy atom. The first-order chi connectivity index (χ1) is 4.70. The number of hydrazine groups is 1. The van der Waals surface area contributed by atoms with Crippen LogP contribution in [0.4, 0.5) is 0 Å². The quantitative estimate of drug-likeness (QED) is 0.473. The standard InChI is InChI=1S/C7H18N2S/c1-4-7(3)10-5-6(2)9-8/h6-7,9H,4-5,8H2,1-3H3. The molecule has 0 aromatic heterocycles. The minimum absolute atomic E-state index is 0.430. The summed E-state index contributed by atoms with van der Waals surface area (Å²) in [6, 6.07) is 0.430. The topological polar surface area (TPSA) is 38.0 Å². The molecule has 0 saturated carbocycles. The monoisotopic (exact) mass is 162 g/mol. The van der Waals surface area contributed by atoms with Crippen LogP contribution in [0.1, 0.15) is 27.2 Å². The van der Waals surface area contributed by atoms with Crippen LogP contribution < -0.4 is 11.3 Å². The number of hydrogen-bond acceptors (Lipinski definition) is 3. The fourth-order valence-corrected chi connectivity index (χ4v) is 1.42. The van der Waals surface area contributed by atoms with Crippen LogP contribution in [0.15, 0.2) is 0 Å². The molecule has 0 saturated heterocycles. The van der Waals surface area contributed by atoms with Crippen molar-refractivity contribution < 1.29 is 0 Å². The van der Waals surface area contributed by atoms with E-state index in [-0.39, 0.29) is 0 Å². The molecule has 0 amide bonds. The van der Waals surface area contributed by atoms with Gasteiger partial charge in [-0.1, -0.05) is 13.8 Å². The second-order valence-electron chi connectivity index (χ2n) is 2.62. The summed E-state index contributed by atoms with van der Waals surface area (Å²) in [4.78, 5) is 0. The zero-order valence-electron chi connectivity index (χ0n) is 7.05. The van der Waals surface area contributed by atoms with Crippen molar-refractivity contribution in [2.75, 3.05) is 5.75 Å². The lowest BCUT2D eigenvalue weighted by atomic mass is 10.4. The van der Waals surface area contributed by atoms with Gasteiger partial charge in [0.05, 0.1) is 0 Å². The lowest BCUT2D eigenvalue weighted by Gasteiger charge is -2.12. The van der Waals surface area contributed by atoms with Crippen molar-refractivity contribution in [2.24, 2.45) is 5.84 Å². The van der Waals surface area contributed by atoms with Gasteiger partial charge in [-0.2, -0.15) is 11.8 Å². The van der Waals surface area contributed by atoms with E-state index in [9.17, 15) is 0 Å². The van der Waals surface area contributed by atoms with E-state index >= 15 is 0 Å². The summed E-state index contributed by atoms with van der Waals surface area (Å²) in [5.74, 6) is 6.34. The van der Waals surface area contributed by atoms with Crippen LogP contribution in [0.25, 0.3) is 0 Å². The molecule has 0 bridgehead atoms. The maximum atomic E-state index is 5.24. The van der Waals surface area contributed by atoms with Crippen molar-refractivity contribution in [2.45, 2.75) is 38.5 Å². The van der Waals surface area contributed by atoms with Crippen molar-refractivity contribution in [3.63, 3.8) is 0 Å². The van der Waals surface area contributed by atoms with Crippen LogP contribution in [0, 0.1) is 0 Å². The average molecular weight is 162 g/mol. The molecule has 0 aliphatic carbocycles. The van der Waals surface area contributed by atoms with Crippen molar-refractivity contribution in [3.05, 3.63) is 0 Å². The maximum absolute atomic E-state index is 5.24. The number of nitrogens with one attached hydrogen (secondary N) is 1. The average Bonchev–Trinajstić information content (AvgIpc) is 1.99. The fourth-order valence-electron chi connectivity index (χ4n) is 0.475. The second-order valence-corrected chi connectivity index (χ2v) is 4.09. The van der Waals surface area contributed by atoms with Crippen molar-refractivity contribution in [3.8, 4) is 0 Å². The van der Waals surface area contributed by atoms with Crippen molar-refractivity contribution in [1.82, 2.24) is 5.43 Å². The molecule has 0 radical (unpaired) electrons. The smallest absolute Gasteiger partial charge is 0.0272 e. The van der Waals surface area contributed by atoms with Gasteiger partial charge >= 0.3 is 0 Å². The predicted octanol–water partition coefficient (Wildman–Crippen LogP) is 1.37. The molecule has 62 valence electrons. The van der Waals surface area contributed by atoms with Crippen molar-refractivity contribution in [1.29, 1.82) is 0 Å². The van der Waals surface area contributed by atoms with Gasteiger partial charge in [0.2, 0.25) is 0 Å². The Balaban J connectivity index is 3.17. The Morgan fingerprint density at radius 1 is 1.50 bits per heavy atom. The first-order valence-electron chi connectivity index (χ1n) is 3.78. The highest BCUT2D eigenvalue weighted by Gasteiger charge is 2.02. The molecule has 0 rings (SSSR count). The van der Waals surface area contributed by atoms with Crippen LogP contribution >= 0.6 is 11.8 Å². The normalized spacial score (nSPS) is 16.8. The van der Waals surface area contributed by atoms with Crippen LogP contribution in [0.5, 0.6) is 0 Å². The third-order valence-corrected chi connectivity index (χ3v) is 3.08. The van der Waals surface area contributed by atoms with Crippen LogP contribution in [0.2, 0.25) is 0 Å². The molecule has 3 N–H and O–H groups in total. The minimum atomic E-state index is 0.430. The number of rotatable bonds is 5. The van der Waals surface area contributed by atoms with E-state index in [0.29, 0.717) is 6.04 Å². The summed E-state index contributed by atoms with van der Waals surface area (Å²) in [6.07, 6.45) is 1.24.